The maximum Gasteiger partial charge on any atom is 0.331 e. The largest absolute Gasteiger partial charge is 0.464 e. The molecule has 1 N–H and O–H groups in total. The fourth-order valence-electron chi connectivity index (χ4n) is 2.56. The summed E-state index contributed by atoms with van der Waals surface area (Å²) in [6, 6.07) is 5.51. The van der Waals surface area contributed by atoms with Crippen LogP contribution in [0.3, 0.4) is 0 Å². The second kappa shape index (κ2) is 6.99. The molecule has 1 aromatic carbocycles. The number of benzene rings is 1. The van der Waals surface area contributed by atoms with E-state index in [1.54, 1.807) is 6.07 Å². The Kier molecular flexibility index (Phi) is 5.52. The summed E-state index contributed by atoms with van der Waals surface area (Å²) in [5.74, 6) is -0.230. The summed E-state index contributed by atoms with van der Waals surface area (Å²) in [6.07, 6.45) is 1.16. The first-order chi connectivity index (χ1) is 9.97. The Labute approximate surface area is 138 Å². The van der Waals surface area contributed by atoms with Crippen molar-refractivity contribution in [3.05, 3.63) is 27.7 Å². The van der Waals surface area contributed by atoms with E-state index in [2.05, 4.69) is 21.2 Å². The number of hydrogen-bond donors (Lipinski definition) is 1. The zero-order chi connectivity index (χ0) is 15.5. The van der Waals surface area contributed by atoms with Crippen molar-refractivity contribution in [2.24, 2.45) is 0 Å². The number of anilines is 1. The summed E-state index contributed by atoms with van der Waals surface area (Å²) in [5.41, 5.74) is 0.0782. The smallest absolute Gasteiger partial charge is 0.331 e. The van der Waals surface area contributed by atoms with Crippen LogP contribution in [0.5, 0.6) is 0 Å². The molecule has 0 amide bonds. The molecule has 0 radical (unpaired) electrons. The summed E-state index contributed by atoms with van der Waals surface area (Å²) < 4.78 is 11.6. The molecule has 1 fully saturated rings. The van der Waals surface area contributed by atoms with Crippen molar-refractivity contribution >= 4 is 39.2 Å². The second-order valence-corrected chi connectivity index (χ2v) is 6.45. The fourth-order valence-corrected chi connectivity index (χ4v) is 3.05. The minimum Gasteiger partial charge on any atom is -0.464 e. The first kappa shape index (κ1) is 16.6. The highest BCUT2D eigenvalue weighted by Crippen LogP contribution is 2.33. The predicted molar refractivity (Wildman–Crippen MR) is 86.8 cm³/mol. The maximum absolute atomic E-state index is 12.4. The summed E-state index contributed by atoms with van der Waals surface area (Å²) in [4.78, 5) is 12.4. The molecule has 6 heteroatoms. The molecule has 1 aromatic rings. The van der Waals surface area contributed by atoms with Crippen LogP contribution in [0, 0.1) is 0 Å². The van der Waals surface area contributed by atoms with Gasteiger partial charge in [-0.3, -0.25) is 0 Å². The number of halogens is 2. The lowest BCUT2D eigenvalue weighted by molar-refractivity contribution is -0.153. The first-order valence-electron chi connectivity index (χ1n) is 6.99. The molecule has 0 spiro atoms. The Balaban J connectivity index is 2.26. The lowest BCUT2D eigenvalue weighted by atomic mass is 9.86. The highest BCUT2D eigenvalue weighted by atomic mass is 79.9. The molecule has 2 unspecified atom stereocenters. The Bertz CT molecular complexity index is 526. The molecule has 0 aromatic heterocycles. The van der Waals surface area contributed by atoms with Crippen molar-refractivity contribution in [3.63, 3.8) is 0 Å². The van der Waals surface area contributed by atoms with Crippen molar-refractivity contribution in [2.45, 2.75) is 38.3 Å². The molecule has 1 heterocycles. The van der Waals surface area contributed by atoms with E-state index in [9.17, 15) is 4.79 Å². The van der Waals surface area contributed by atoms with E-state index in [1.165, 1.54) is 0 Å². The lowest BCUT2D eigenvalue weighted by Gasteiger charge is -2.39. The van der Waals surface area contributed by atoms with Crippen molar-refractivity contribution in [3.8, 4) is 0 Å². The third-order valence-corrected chi connectivity index (χ3v) is 4.75. The Morgan fingerprint density at radius 3 is 3.00 bits per heavy atom. The van der Waals surface area contributed by atoms with Gasteiger partial charge in [0.1, 0.15) is 5.54 Å². The summed E-state index contributed by atoms with van der Waals surface area (Å²) in [7, 11) is 0. The van der Waals surface area contributed by atoms with Crippen LogP contribution in [0.4, 0.5) is 5.69 Å². The average Bonchev–Trinajstić information content (AvgIpc) is 2.43. The Hall–Kier alpha value is -0.780. The van der Waals surface area contributed by atoms with E-state index in [-0.39, 0.29) is 12.1 Å². The number of carbonyl (C=O) groups excluding carboxylic acids is 1. The number of carbonyl (C=O) groups is 1. The monoisotopic (exact) mass is 375 g/mol. The van der Waals surface area contributed by atoms with Crippen LogP contribution in [-0.2, 0) is 14.3 Å². The van der Waals surface area contributed by atoms with Gasteiger partial charge in [0.2, 0.25) is 0 Å². The predicted octanol–water partition coefficient (Wildman–Crippen LogP) is 4.02. The van der Waals surface area contributed by atoms with E-state index < -0.39 is 5.54 Å². The van der Waals surface area contributed by atoms with Crippen molar-refractivity contribution in [1.82, 2.24) is 0 Å². The van der Waals surface area contributed by atoms with Gasteiger partial charge in [0.25, 0.3) is 0 Å². The molecule has 1 aliphatic heterocycles. The minimum atomic E-state index is -0.749. The third kappa shape index (κ3) is 3.90. The zero-order valence-electron chi connectivity index (χ0n) is 12.1. The molecule has 0 aliphatic carbocycles. The molecule has 21 heavy (non-hydrogen) atoms. The molecule has 2 rings (SSSR count). The maximum atomic E-state index is 12.4. The molecule has 0 saturated carbocycles. The van der Waals surface area contributed by atoms with Gasteiger partial charge in [0, 0.05) is 29.6 Å². The van der Waals surface area contributed by atoms with Crippen LogP contribution in [0.15, 0.2) is 22.7 Å². The van der Waals surface area contributed by atoms with Crippen LogP contribution in [0.1, 0.15) is 26.7 Å². The summed E-state index contributed by atoms with van der Waals surface area (Å²) in [5, 5.41) is 3.96. The molecular weight excluding hydrogens is 358 g/mol. The third-order valence-electron chi connectivity index (χ3n) is 3.54. The van der Waals surface area contributed by atoms with Gasteiger partial charge in [-0.05, 0) is 48.0 Å². The summed E-state index contributed by atoms with van der Waals surface area (Å²) >= 11 is 9.40. The standard InChI is InChI=1S/C15H19BrClNO3/c1-3-20-14(19)15(6-7-21-10(2)9-15)18-11-4-5-13(17)12(16)8-11/h4-5,8,10,18H,3,6-7,9H2,1-2H3. The van der Waals surface area contributed by atoms with Crippen molar-refractivity contribution in [2.75, 3.05) is 18.5 Å². The van der Waals surface area contributed by atoms with Crippen LogP contribution < -0.4 is 5.32 Å². The van der Waals surface area contributed by atoms with Crippen LogP contribution in [0.25, 0.3) is 0 Å². The second-order valence-electron chi connectivity index (χ2n) is 5.19. The minimum absolute atomic E-state index is 0.00592. The molecule has 1 aliphatic rings. The van der Waals surface area contributed by atoms with Gasteiger partial charge < -0.3 is 14.8 Å². The topological polar surface area (TPSA) is 47.6 Å². The van der Waals surface area contributed by atoms with E-state index in [4.69, 9.17) is 21.1 Å². The first-order valence-corrected chi connectivity index (χ1v) is 8.16. The molecule has 2 atom stereocenters. The summed E-state index contributed by atoms with van der Waals surface area (Å²) in [6.45, 7) is 4.67. The number of hydrogen-bond acceptors (Lipinski definition) is 4. The van der Waals surface area contributed by atoms with Gasteiger partial charge in [-0.2, -0.15) is 0 Å². The zero-order valence-corrected chi connectivity index (χ0v) is 14.5. The highest BCUT2D eigenvalue weighted by molar-refractivity contribution is 9.10. The average molecular weight is 377 g/mol. The normalized spacial score (nSPS) is 25.4. The quantitative estimate of drug-likeness (QED) is 0.806. The molecular formula is C15H19BrClNO3. The van der Waals surface area contributed by atoms with Crippen LogP contribution in [0.2, 0.25) is 5.02 Å². The number of ether oxygens (including phenoxy) is 2. The van der Waals surface area contributed by atoms with E-state index in [1.807, 2.05) is 26.0 Å². The molecule has 4 nitrogen and oxygen atoms in total. The van der Waals surface area contributed by atoms with E-state index in [0.29, 0.717) is 31.1 Å². The van der Waals surface area contributed by atoms with Crippen LogP contribution in [-0.4, -0.2) is 30.8 Å². The Morgan fingerprint density at radius 2 is 2.38 bits per heavy atom. The van der Waals surface area contributed by atoms with Crippen LogP contribution >= 0.6 is 27.5 Å². The van der Waals surface area contributed by atoms with Gasteiger partial charge in [-0.25, -0.2) is 4.79 Å². The van der Waals surface area contributed by atoms with Gasteiger partial charge in [-0.15, -0.1) is 0 Å². The van der Waals surface area contributed by atoms with Gasteiger partial charge >= 0.3 is 5.97 Å². The number of nitrogens with one attached hydrogen (secondary N) is 1. The lowest BCUT2D eigenvalue weighted by Crippen LogP contribution is -2.53. The number of esters is 1. The SMILES string of the molecule is CCOC(=O)C1(Nc2ccc(Cl)c(Br)c2)CCOC(C)C1. The van der Waals surface area contributed by atoms with Gasteiger partial charge in [0.05, 0.1) is 17.7 Å². The fraction of sp³-hybridized carbons (Fsp3) is 0.533. The van der Waals surface area contributed by atoms with Gasteiger partial charge in [-0.1, -0.05) is 11.6 Å². The van der Waals surface area contributed by atoms with Crippen molar-refractivity contribution in [1.29, 1.82) is 0 Å². The molecule has 0 bridgehead atoms. The van der Waals surface area contributed by atoms with E-state index >= 15 is 0 Å². The Morgan fingerprint density at radius 1 is 1.62 bits per heavy atom. The molecule has 1 saturated heterocycles. The molecule has 116 valence electrons. The van der Waals surface area contributed by atoms with E-state index in [0.717, 1.165) is 10.2 Å². The number of rotatable bonds is 4. The van der Waals surface area contributed by atoms with Crippen molar-refractivity contribution < 1.29 is 14.3 Å². The highest BCUT2D eigenvalue weighted by Gasteiger charge is 2.43. The van der Waals surface area contributed by atoms with Gasteiger partial charge in [0.15, 0.2) is 0 Å².